The third-order valence-electron chi connectivity index (χ3n) is 2.66. The van der Waals surface area contributed by atoms with E-state index in [4.69, 9.17) is 11.6 Å². The number of amides is 1. The SMILES string of the molecule is Cc1cc(C(=O)NCC(Cl)CC(C)(C)C)nn1C. The molecule has 1 aromatic heterocycles. The van der Waals surface area contributed by atoms with Gasteiger partial charge in [0, 0.05) is 19.3 Å². The zero-order valence-corrected chi connectivity index (χ0v) is 12.5. The van der Waals surface area contributed by atoms with E-state index in [1.165, 1.54) is 0 Å². The van der Waals surface area contributed by atoms with E-state index in [0.29, 0.717) is 12.2 Å². The van der Waals surface area contributed by atoms with Crippen LogP contribution in [0, 0.1) is 12.3 Å². The van der Waals surface area contributed by atoms with E-state index in [9.17, 15) is 4.79 Å². The van der Waals surface area contributed by atoms with Crippen LogP contribution in [0.1, 0.15) is 43.4 Å². The third-order valence-corrected chi connectivity index (χ3v) is 2.97. The van der Waals surface area contributed by atoms with Crippen LogP contribution in [0.5, 0.6) is 0 Å². The van der Waals surface area contributed by atoms with Crippen LogP contribution in [0.3, 0.4) is 0 Å². The van der Waals surface area contributed by atoms with Gasteiger partial charge < -0.3 is 5.32 Å². The highest BCUT2D eigenvalue weighted by atomic mass is 35.5. The first-order valence-electron chi connectivity index (χ1n) is 6.12. The van der Waals surface area contributed by atoms with E-state index in [1.807, 2.05) is 14.0 Å². The number of aromatic nitrogens is 2. The van der Waals surface area contributed by atoms with Crippen LogP contribution >= 0.6 is 11.6 Å². The second kappa shape index (κ2) is 5.74. The lowest BCUT2D eigenvalue weighted by atomic mass is 9.90. The van der Waals surface area contributed by atoms with Gasteiger partial charge in [-0.3, -0.25) is 9.48 Å². The van der Waals surface area contributed by atoms with Crippen molar-refractivity contribution in [2.75, 3.05) is 6.54 Å². The molecule has 1 amide bonds. The van der Waals surface area contributed by atoms with Gasteiger partial charge in [-0.25, -0.2) is 0 Å². The Morgan fingerprint density at radius 3 is 2.61 bits per heavy atom. The summed E-state index contributed by atoms with van der Waals surface area (Å²) in [6.07, 6.45) is 0.857. The molecular formula is C13H22ClN3O. The molecule has 1 rings (SSSR count). The minimum absolute atomic E-state index is 0.0567. The zero-order valence-electron chi connectivity index (χ0n) is 11.7. The van der Waals surface area contributed by atoms with E-state index in [-0.39, 0.29) is 16.7 Å². The highest BCUT2D eigenvalue weighted by Gasteiger charge is 2.18. The Morgan fingerprint density at radius 2 is 2.17 bits per heavy atom. The molecule has 1 unspecified atom stereocenters. The number of halogens is 1. The summed E-state index contributed by atoms with van der Waals surface area (Å²) in [5.74, 6) is -0.168. The monoisotopic (exact) mass is 271 g/mol. The van der Waals surface area contributed by atoms with Crippen molar-refractivity contribution in [1.82, 2.24) is 15.1 Å². The number of hydrogen-bond donors (Lipinski definition) is 1. The van der Waals surface area contributed by atoms with Gasteiger partial charge in [0.25, 0.3) is 5.91 Å². The molecule has 1 heterocycles. The molecule has 1 atom stereocenters. The molecule has 0 aliphatic carbocycles. The highest BCUT2D eigenvalue weighted by Crippen LogP contribution is 2.23. The molecule has 1 aromatic rings. The van der Waals surface area contributed by atoms with Gasteiger partial charge in [-0.15, -0.1) is 11.6 Å². The number of carbonyl (C=O) groups is 1. The third kappa shape index (κ3) is 4.69. The van der Waals surface area contributed by atoms with Crippen LogP contribution in [-0.2, 0) is 7.05 Å². The van der Waals surface area contributed by atoms with Crippen molar-refractivity contribution in [3.8, 4) is 0 Å². The van der Waals surface area contributed by atoms with E-state index in [0.717, 1.165) is 12.1 Å². The van der Waals surface area contributed by atoms with Gasteiger partial charge in [0.15, 0.2) is 0 Å². The van der Waals surface area contributed by atoms with Crippen LogP contribution in [0.25, 0.3) is 0 Å². The largest absolute Gasteiger partial charge is 0.349 e. The van der Waals surface area contributed by atoms with Crippen LogP contribution in [0.15, 0.2) is 6.07 Å². The fraction of sp³-hybridized carbons (Fsp3) is 0.692. The highest BCUT2D eigenvalue weighted by molar-refractivity contribution is 6.21. The molecule has 0 spiro atoms. The first-order valence-corrected chi connectivity index (χ1v) is 6.55. The first-order chi connectivity index (χ1) is 8.19. The summed E-state index contributed by atoms with van der Waals surface area (Å²) in [6.45, 7) is 8.77. The van der Waals surface area contributed by atoms with Gasteiger partial charge in [-0.05, 0) is 24.8 Å². The lowest BCUT2D eigenvalue weighted by molar-refractivity contribution is 0.0946. The van der Waals surface area contributed by atoms with Gasteiger partial charge in [0.2, 0.25) is 0 Å². The van der Waals surface area contributed by atoms with Crippen molar-refractivity contribution in [2.24, 2.45) is 12.5 Å². The molecule has 0 aliphatic heterocycles. The normalized spacial score (nSPS) is 13.4. The summed E-state index contributed by atoms with van der Waals surface area (Å²) >= 11 is 6.19. The van der Waals surface area contributed by atoms with E-state index in [1.54, 1.807) is 10.7 Å². The van der Waals surface area contributed by atoms with Crippen molar-refractivity contribution in [3.63, 3.8) is 0 Å². The number of aryl methyl sites for hydroxylation is 2. The molecule has 102 valence electrons. The van der Waals surface area contributed by atoms with Crippen LogP contribution < -0.4 is 5.32 Å². The Hall–Kier alpha value is -1.03. The lowest BCUT2D eigenvalue weighted by Gasteiger charge is -2.21. The quantitative estimate of drug-likeness (QED) is 0.856. The fourth-order valence-electron chi connectivity index (χ4n) is 1.70. The molecule has 0 aliphatic rings. The van der Waals surface area contributed by atoms with Gasteiger partial charge >= 0.3 is 0 Å². The van der Waals surface area contributed by atoms with Crippen LogP contribution in [0.2, 0.25) is 0 Å². The maximum absolute atomic E-state index is 11.8. The number of hydrogen-bond acceptors (Lipinski definition) is 2. The van der Waals surface area contributed by atoms with Crippen molar-refractivity contribution in [1.29, 1.82) is 0 Å². The molecule has 0 aromatic carbocycles. The number of alkyl halides is 1. The molecule has 0 saturated heterocycles. The predicted molar refractivity (Wildman–Crippen MR) is 74.0 cm³/mol. The Morgan fingerprint density at radius 1 is 1.56 bits per heavy atom. The minimum atomic E-state index is -0.168. The zero-order chi connectivity index (χ0) is 13.9. The maximum atomic E-state index is 11.8. The molecule has 18 heavy (non-hydrogen) atoms. The maximum Gasteiger partial charge on any atom is 0.271 e. The Kier molecular flexibility index (Phi) is 4.79. The second-order valence-electron chi connectivity index (χ2n) is 5.87. The number of carbonyl (C=O) groups excluding carboxylic acids is 1. The number of rotatable bonds is 4. The Labute approximate surface area is 114 Å². The minimum Gasteiger partial charge on any atom is -0.349 e. The first kappa shape index (κ1) is 15.0. The molecule has 0 radical (unpaired) electrons. The standard InChI is InChI=1S/C13H22ClN3O/c1-9-6-11(16-17(9)5)12(18)15-8-10(14)7-13(2,3)4/h6,10H,7-8H2,1-5H3,(H,15,18). The van der Waals surface area contributed by atoms with Crippen LogP contribution in [0.4, 0.5) is 0 Å². The Bertz CT molecular complexity index is 401. The van der Waals surface area contributed by atoms with Crippen molar-refractivity contribution in [2.45, 2.75) is 39.5 Å². The smallest absolute Gasteiger partial charge is 0.271 e. The summed E-state index contributed by atoms with van der Waals surface area (Å²) in [7, 11) is 1.82. The van der Waals surface area contributed by atoms with Gasteiger partial charge in [0.05, 0.1) is 5.38 Å². The lowest BCUT2D eigenvalue weighted by Crippen LogP contribution is -2.31. The van der Waals surface area contributed by atoms with E-state index in [2.05, 4.69) is 31.2 Å². The molecule has 4 nitrogen and oxygen atoms in total. The summed E-state index contributed by atoms with van der Waals surface area (Å²) < 4.78 is 1.68. The predicted octanol–water partition coefficient (Wildman–Crippen LogP) is 2.50. The van der Waals surface area contributed by atoms with Gasteiger partial charge in [0.1, 0.15) is 5.69 Å². The molecular weight excluding hydrogens is 250 g/mol. The molecule has 5 heteroatoms. The summed E-state index contributed by atoms with van der Waals surface area (Å²) in [5, 5.41) is 6.88. The topological polar surface area (TPSA) is 46.9 Å². The summed E-state index contributed by atoms with van der Waals surface area (Å²) in [4.78, 5) is 11.8. The van der Waals surface area contributed by atoms with E-state index >= 15 is 0 Å². The summed E-state index contributed by atoms with van der Waals surface area (Å²) in [5.41, 5.74) is 1.56. The molecule has 1 N–H and O–H groups in total. The van der Waals surface area contributed by atoms with Crippen molar-refractivity contribution >= 4 is 17.5 Å². The number of nitrogens with zero attached hydrogens (tertiary/aromatic N) is 2. The van der Waals surface area contributed by atoms with E-state index < -0.39 is 0 Å². The second-order valence-corrected chi connectivity index (χ2v) is 6.48. The molecule has 0 saturated carbocycles. The van der Waals surface area contributed by atoms with Gasteiger partial charge in [-0.1, -0.05) is 20.8 Å². The summed E-state index contributed by atoms with van der Waals surface area (Å²) in [6, 6.07) is 1.77. The van der Waals surface area contributed by atoms with Crippen molar-refractivity contribution < 1.29 is 4.79 Å². The average molecular weight is 272 g/mol. The van der Waals surface area contributed by atoms with Crippen molar-refractivity contribution in [3.05, 3.63) is 17.5 Å². The van der Waals surface area contributed by atoms with Gasteiger partial charge in [-0.2, -0.15) is 5.10 Å². The molecule has 0 bridgehead atoms. The number of nitrogens with one attached hydrogen (secondary N) is 1. The molecule has 0 fully saturated rings. The Balaban J connectivity index is 2.46. The fourth-order valence-corrected chi connectivity index (χ4v) is 2.24. The van der Waals surface area contributed by atoms with Crippen LogP contribution in [-0.4, -0.2) is 27.6 Å². The average Bonchev–Trinajstić information content (AvgIpc) is 2.53.